The molecule has 1 N–H and O–H groups in total. The van der Waals surface area contributed by atoms with Crippen molar-refractivity contribution in [3.63, 3.8) is 0 Å². The summed E-state index contributed by atoms with van der Waals surface area (Å²) < 4.78 is 25.0. The van der Waals surface area contributed by atoms with E-state index in [9.17, 15) is 18.0 Å². The lowest BCUT2D eigenvalue weighted by Gasteiger charge is -2.07. The lowest BCUT2D eigenvalue weighted by Crippen LogP contribution is -2.24. The minimum atomic E-state index is -3.87. The number of hydrogen-bond acceptors (Lipinski definition) is 4. The van der Waals surface area contributed by atoms with Gasteiger partial charge in [-0.3, -0.25) is 9.59 Å². The fourth-order valence-corrected chi connectivity index (χ4v) is 3.73. The van der Waals surface area contributed by atoms with E-state index in [-0.39, 0.29) is 16.0 Å². The molecule has 0 spiro atoms. The number of sulfonamides is 1. The maximum atomic E-state index is 12.3. The smallest absolute Gasteiger partial charge is 0.268 e. The van der Waals surface area contributed by atoms with Crippen molar-refractivity contribution >= 4 is 27.5 Å². The van der Waals surface area contributed by atoms with Crippen LogP contribution in [0.25, 0.3) is 0 Å². The van der Waals surface area contributed by atoms with Crippen LogP contribution in [0.2, 0.25) is 0 Å². The van der Waals surface area contributed by atoms with Gasteiger partial charge in [0, 0.05) is 18.3 Å². The fraction of sp³-hybridized carbons (Fsp3) is 0.125. The minimum absolute atomic E-state index is 0.0830. The number of amides is 2. The largest absolute Gasteiger partial charge is 0.322 e. The first-order valence-electron chi connectivity index (χ1n) is 6.86. The topological polar surface area (TPSA) is 83.6 Å². The van der Waals surface area contributed by atoms with Gasteiger partial charge in [-0.15, -0.1) is 0 Å². The zero-order valence-corrected chi connectivity index (χ0v) is 13.3. The van der Waals surface area contributed by atoms with Crippen LogP contribution in [0.3, 0.4) is 0 Å². The lowest BCUT2D eigenvalue weighted by atomic mass is 10.1. The molecule has 0 saturated carbocycles. The van der Waals surface area contributed by atoms with Crippen LogP contribution in [0, 0.1) is 6.92 Å². The van der Waals surface area contributed by atoms with E-state index in [0.717, 1.165) is 5.56 Å². The van der Waals surface area contributed by atoms with E-state index >= 15 is 0 Å². The Morgan fingerprint density at radius 1 is 1.13 bits per heavy atom. The second-order valence-electron chi connectivity index (χ2n) is 5.31. The third kappa shape index (κ3) is 2.49. The monoisotopic (exact) mass is 330 g/mol. The van der Waals surface area contributed by atoms with Gasteiger partial charge in [-0.05, 0) is 42.8 Å². The lowest BCUT2D eigenvalue weighted by molar-refractivity contribution is 0.0890. The molecule has 0 radical (unpaired) electrons. The van der Waals surface area contributed by atoms with E-state index < -0.39 is 21.8 Å². The van der Waals surface area contributed by atoms with Crippen LogP contribution in [-0.2, 0) is 10.0 Å². The maximum Gasteiger partial charge on any atom is 0.268 e. The van der Waals surface area contributed by atoms with Gasteiger partial charge in [0.2, 0.25) is 0 Å². The van der Waals surface area contributed by atoms with Gasteiger partial charge < -0.3 is 5.32 Å². The highest BCUT2D eigenvalue weighted by atomic mass is 32.2. The van der Waals surface area contributed by atoms with Gasteiger partial charge in [0.05, 0.1) is 5.56 Å². The first kappa shape index (κ1) is 15.2. The Morgan fingerprint density at radius 2 is 1.87 bits per heavy atom. The predicted molar refractivity (Wildman–Crippen MR) is 84.9 cm³/mol. The molecule has 0 aromatic heterocycles. The van der Waals surface area contributed by atoms with Crippen LogP contribution in [0.1, 0.15) is 26.3 Å². The standard InChI is InChI=1S/C16H14N2O4S/c1-10-4-3-5-12(8-10)17-15(19)11-6-7-13-14(9-11)23(21,22)18(2)16(13)20/h3-9H,1-2H3,(H,17,19). The number of carbonyl (C=O) groups is 2. The molecule has 0 unspecified atom stereocenters. The molecule has 6 nitrogen and oxygen atoms in total. The van der Waals surface area contributed by atoms with Crippen LogP contribution < -0.4 is 5.32 Å². The summed E-state index contributed by atoms with van der Waals surface area (Å²) in [6.07, 6.45) is 0. The first-order valence-corrected chi connectivity index (χ1v) is 8.30. The van der Waals surface area contributed by atoms with E-state index in [2.05, 4.69) is 5.32 Å². The van der Waals surface area contributed by atoms with Gasteiger partial charge in [0.25, 0.3) is 21.8 Å². The van der Waals surface area contributed by atoms with Crippen molar-refractivity contribution in [3.05, 3.63) is 59.2 Å². The molecule has 1 aliphatic heterocycles. The predicted octanol–water partition coefficient (Wildman–Crippen LogP) is 2.02. The molecule has 0 bridgehead atoms. The molecule has 23 heavy (non-hydrogen) atoms. The SMILES string of the molecule is Cc1cccc(NC(=O)c2ccc3c(c2)S(=O)(=O)N(C)C3=O)c1. The second kappa shape index (κ2) is 5.20. The Bertz CT molecular complexity index is 935. The molecule has 1 heterocycles. The Balaban J connectivity index is 1.96. The molecule has 0 fully saturated rings. The van der Waals surface area contributed by atoms with Gasteiger partial charge in [-0.1, -0.05) is 12.1 Å². The van der Waals surface area contributed by atoms with Crippen molar-refractivity contribution in [1.82, 2.24) is 4.31 Å². The average molecular weight is 330 g/mol. The number of aryl methyl sites for hydroxylation is 1. The zero-order chi connectivity index (χ0) is 16.8. The normalized spacial score (nSPS) is 15.4. The Labute approximate surface area is 133 Å². The highest BCUT2D eigenvalue weighted by Crippen LogP contribution is 2.29. The molecule has 2 amide bonds. The van der Waals surface area contributed by atoms with E-state index in [1.54, 1.807) is 12.1 Å². The molecule has 0 saturated heterocycles. The number of hydrogen-bond donors (Lipinski definition) is 1. The molecule has 2 aromatic rings. The molecular formula is C16H14N2O4S. The van der Waals surface area contributed by atoms with Crippen LogP contribution >= 0.6 is 0 Å². The number of anilines is 1. The molecule has 0 atom stereocenters. The Kier molecular flexibility index (Phi) is 3.45. The summed E-state index contributed by atoms with van der Waals surface area (Å²) in [5.74, 6) is -1.03. The van der Waals surface area contributed by atoms with Gasteiger partial charge >= 0.3 is 0 Å². The van der Waals surface area contributed by atoms with Gasteiger partial charge in [0.1, 0.15) is 4.90 Å². The Hall–Kier alpha value is -2.67. The average Bonchev–Trinajstić information content (AvgIpc) is 2.68. The summed E-state index contributed by atoms with van der Waals surface area (Å²) in [6, 6.07) is 11.3. The zero-order valence-electron chi connectivity index (χ0n) is 12.5. The highest BCUT2D eigenvalue weighted by Gasteiger charge is 2.38. The number of rotatable bonds is 2. The highest BCUT2D eigenvalue weighted by molar-refractivity contribution is 7.90. The summed E-state index contributed by atoms with van der Waals surface area (Å²) in [7, 11) is -2.67. The molecule has 7 heteroatoms. The van der Waals surface area contributed by atoms with E-state index in [1.807, 2.05) is 19.1 Å². The van der Waals surface area contributed by atoms with Gasteiger partial charge in [-0.2, -0.15) is 0 Å². The van der Waals surface area contributed by atoms with Gasteiger partial charge in [0.15, 0.2) is 0 Å². The van der Waals surface area contributed by atoms with Crippen molar-refractivity contribution in [2.45, 2.75) is 11.8 Å². The van der Waals surface area contributed by atoms with E-state index in [0.29, 0.717) is 9.99 Å². The van der Waals surface area contributed by atoms with Crippen molar-refractivity contribution in [3.8, 4) is 0 Å². The van der Waals surface area contributed by atoms with Crippen LogP contribution in [0.4, 0.5) is 5.69 Å². The number of nitrogens with one attached hydrogen (secondary N) is 1. The quantitative estimate of drug-likeness (QED) is 0.913. The summed E-state index contributed by atoms with van der Waals surface area (Å²) in [6.45, 7) is 1.90. The van der Waals surface area contributed by atoms with Crippen molar-refractivity contribution in [1.29, 1.82) is 0 Å². The number of nitrogens with zero attached hydrogens (tertiary/aromatic N) is 1. The van der Waals surface area contributed by atoms with E-state index in [1.165, 1.54) is 25.2 Å². The molecule has 2 aromatic carbocycles. The molecule has 3 rings (SSSR count). The second-order valence-corrected chi connectivity index (χ2v) is 7.25. The number of carbonyl (C=O) groups excluding carboxylic acids is 2. The molecule has 1 aliphatic rings. The first-order chi connectivity index (χ1) is 10.8. The van der Waals surface area contributed by atoms with E-state index in [4.69, 9.17) is 0 Å². The van der Waals surface area contributed by atoms with Crippen molar-refractivity contribution < 1.29 is 18.0 Å². The minimum Gasteiger partial charge on any atom is -0.322 e. The van der Waals surface area contributed by atoms with Crippen LogP contribution in [0.5, 0.6) is 0 Å². The van der Waals surface area contributed by atoms with Crippen molar-refractivity contribution in [2.24, 2.45) is 0 Å². The number of fused-ring (bicyclic) bond motifs is 1. The molecule has 118 valence electrons. The fourth-order valence-electron chi connectivity index (χ4n) is 2.41. The third-order valence-corrected chi connectivity index (χ3v) is 5.46. The third-order valence-electron chi connectivity index (χ3n) is 3.67. The molecule has 0 aliphatic carbocycles. The molecular weight excluding hydrogens is 316 g/mol. The summed E-state index contributed by atoms with van der Waals surface area (Å²) >= 11 is 0. The maximum absolute atomic E-state index is 12.3. The van der Waals surface area contributed by atoms with Crippen LogP contribution in [-0.4, -0.2) is 31.6 Å². The Morgan fingerprint density at radius 3 is 2.57 bits per heavy atom. The van der Waals surface area contributed by atoms with Crippen molar-refractivity contribution in [2.75, 3.05) is 12.4 Å². The van der Waals surface area contributed by atoms with Gasteiger partial charge in [-0.25, -0.2) is 12.7 Å². The summed E-state index contributed by atoms with van der Waals surface area (Å²) in [4.78, 5) is 24.0. The summed E-state index contributed by atoms with van der Waals surface area (Å²) in [5.41, 5.74) is 1.87. The van der Waals surface area contributed by atoms with Crippen LogP contribution in [0.15, 0.2) is 47.4 Å². The summed E-state index contributed by atoms with van der Waals surface area (Å²) in [5, 5.41) is 2.71. The number of benzene rings is 2.